The van der Waals surface area contributed by atoms with Gasteiger partial charge in [0.15, 0.2) is 0 Å². The number of ether oxygens (including phenoxy) is 1. The van der Waals surface area contributed by atoms with Crippen molar-refractivity contribution in [3.8, 4) is 5.75 Å². The molecule has 8 nitrogen and oxygen atoms in total. The molecule has 12 heteroatoms. The maximum absolute atomic E-state index is 13.4. The first-order valence-corrected chi connectivity index (χ1v) is 14.7. The van der Waals surface area contributed by atoms with E-state index in [1.165, 1.54) is 25.3 Å². The third-order valence-corrected chi connectivity index (χ3v) is 9.87. The van der Waals surface area contributed by atoms with Gasteiger partial charge in [-0.1, -0.05) is 11.6 Å². The average molecular weight is 542 g/mol. The number of anilines is 3. The molecule has 0 unspecified atom stereocenters. The minimum absolute atomic E-state index is 0.00497. The second-order valence-electron chi connectivity index (χ2n) is 7.73. The highest BCUT2D eigenvalue weighted by atomic mass is 35.5. The molecule has 1 saturated heterocycles. The van der Waals surface area contributed by atoms with E-state index >= 15 is 0 Å². The highest BCUT2D eigenvalue weighted by Crippen LogP contribution is 2.34. The zero-order chi connectivity index (χ0) is 24.3. The van der Waals surface area contributed by atoms with Gasteiger partial charge in [0.25, 0.3) is 20.0 Å². The summed E-state index contributed by atoms with van der Waals surface area (Å²) in [5.74, 6) is 0.599. The standard InChI is InChI=1S/C22H24ClN3O5S3/c1-31-18-8-5-16(6-9-18)24-33(27,28)20-15-17(7-10-19(20)26-13-3-2-4-14-26)25-34(29,30)22-12-11-21(23)32-22/h5-12,15,24-25H,2-4,13-14H2,1H3. The monoisotopic (exact) mass is 541 g/mol. The molecule has 2 N–H and O–H groups in total. The van der Waals surface area contributed by atoms with Gasteiger partial charge in [-0.3, -0.25) is 9.44 Å². The molecule has 0 saturated carbocycles. The van der Waals surface area contributed by atoms with Crippen LogP contribution in [0.4, 0.5) is 17.1 Å². The van der Waals surface area contributed by atoms with Gasteiger partial charge in [-0.25, -0.2) is 16.8 Å². The summed E-state index contributed by atoms with van der Waals surface area (Å²) in [6, 6.07) is 14.0. The Morgan fingerprint density at radius 1 is 0.853 bits per heavy atom. The first-order valence-electron chi connectivity index (χ1n) is 10.5. The summed E-state index contributed by atoms with van der Waals surface area (Å²) in [6.45, 7) is 1.45. The van der Waals surface area contributed by atoms with Crippen LogP contribution < -0.4 is 19.1 Å². The fourth-order valence-corrected chi connectivity index (χ4v) is 7.55. The molecule has 3 aromatic rings. The summed E-state index contributed by atoms with van der Waals surface area (Å²) in [4.78, 5) is 2.01. The van der Waals surface area contributed by atoms with Crippen molar-refractivity contribution >= 4 is 60.0 Å². The van der Waals surface area contributed by atoms with Gasteiger partial charge in [0.1, 0.15) is 14.9 Å². The Morgan fingerprint density at radius 3 is 2.12 bits per heavy atom. The number of rotatable bonds is 8. The van der Waals surface area contributed by atoms with Crippen LogP contribution in [0, 0.1) is 0 Å². The average Bonchev–Trinajstić information content (AvgIpc) is 3.27. The van der Waals surface area contributed by atoms with Gasteiger partial charge < -0.3 is 9.64 Å². The molecule has 2 heterocycles. The zero-order valence-electron chi connectivity index (χ0n) is 18.3. The molecule has 0 amide bonds. The number of piperidine rings is 1. The van der Waals surface area contributed by atoms with E-state index in [1.54, 1.807) is 36.4 Å². The van der Waals surface area contributed by atoms with Gasteiger partial charge in [-0.2, -0.15) is 0 Å². The van der Waals surface area contributed by atoms with E-state index in [4.69, 9.17) is 16.3 Å². The van der Waals surface area contributed by atoms with Crippen LogP contribution in [0.2, 0.25) is 4.34 Å². The van der Waals surface area contributed by atoms with E-state index in [-0.39, 0.29) is 14.8 Å². The lowest BCUT2D eigenvalue weighted by Gasteiger charge is -2.30. The number of methoxy groups -OCH3 is 1. The van der Waals surface area contributed by atoms with Gasteiger partial charge in [0.05, 0.1) is 22.8 Å². The molecule has 1 aliphatic rings. The van der Waals surface area contributed by atoms with Crippen LogP contribution in [0.1, 0.15) is 19.3 Å². The minimum Gasteiger partial charge on any atom is -0.497 e. The number of nitrogens with one attached hydrogen (secondary N) is 2. The molecule has 1 aromatic heterocycles. The molecular weight excluding hydrogens is 518 g/mol. The summed E-state index contributed by atoms with van der Waals surface area (Å²) in [7, 11) is -6.43. The fourth-order valence-electron chi connectivity index (χ4n) is 3.71. The number of hydrogen-bond acceptors (Lipinski definition) is 7. The van der Waals surface area contributed by atoms with Crippen LogP contribution in [-0.4, -0.2) is 37.0 Å². The van der Waals surface area contributed by atoms with Gasteiger partial charge in [0.2, 0.25) is 0 Å². The maximum atomic E-state index is 13.4. The van der Waals surface area contributed by atoms with Gasteiger partial charge in [-0.15, -0.1) is 11.3 Å². The summed E-state index contributed by atoms with van der Waals surface area (Å²) < 4.78 is 63.0. The number of sulfonamides is 2. The summed E-state index contributed by atoms with van der Waals surface area (Å²) in [5.41, 5.74) is 1.04. The number of halogens is 1. The van der Waals surface area contributed by atoms with Crippen LogP contribution in [0.25, 0.3) is 0 Å². The van der Waals surface area contributed by atoms with E-state index in [0.29, 0.717) is 21.5 Å². The maximum Gasteiger partial charge on any atom is 0.271 e. The Kier molecular flexibility index (Phi) is 7.27. The van der Waals surface area contributed by atoms with Crippen molar-refractivity contribution in [3.05, 3.63) is 58.9 Å². The number of hydrogen-bond donors (Lipinski definition) is 2. The van der Waals surface area contributed by atoms with Crippen molar-refractivity contribution in [1.29, 1.82) is 0 Å². The van der Waals surface area contributed by atoms with E-state index in [9.17, 15) is 16.8 Å². The smallest absolute Gasteiger partial charge is 0.271 e. The van der Waals surface area contributed by atoms with E-state index in [1.807, 2.05) is 4.90 Å². The highest BCUT2D eigenvalue weighted by Gasteiger charge is 2.25. The lowest BCUT2D eigenvalue weighted by molar-refractivity contribution is 0.415. The Morgan fingerprint density at radius 2 is 1.50 bits per heavy atom. The van der Waals surface area contributed by atoms with Crippen LogP contribution in [0.15, 0.2) is 63.7 Å². The minimum atomic E-state index is -4.04. The predicted octanol–water partition coefficient (Wildman–Crippen LogP) is 5.00. The molecule has 2 aromatic carbocycles. The number of benzene rings is 2. The molecule has 34 heavy (non-hydrogen) atoms. The number of thiophene rings is 1. The van der Waals surface area contributed by atoms with Crippen LogP contribution >= 0.6 is 22.9 Å². The largest absolute Gasteiger partial charge is 0.497 e. The van der Waals surface area contributed by atoms with Crippen molar-refractivity contribution in [1.82, 2.24) is 0 Å². The summed E-state index contributed by atoms with van der Waals surface area (Å²) in [5, 5.41) is 0. The summed E-state index contributed by atoms with van der Waals surface area (Å²) >= 11 is 6.80. The molecule has 4 rings (SSSR count). The van der Waals surface area contributed by atoms with E-state index in [0.717, 1.165) is 43.7 Å². The lowest BCUT2D eigenvalue weighted by Crippen LogP contribution is -2.31. The first kappa shape index (κ1) is 24.6. The van der Waals surface area contributed by atoms with Gasteiger partial charge >= 0.3 is 0 Å². The Hall–Kier alpha value is -2.47. The Labute approximate surface area is 208 Å². The predicted molar refractivity (Wildman–Crippen MR) is 136 cm³/mol. The number of nitrogens with zero attached hydrogens (tertiary/aromatic N) is 1. The third-order valence-electron chi connectivity index (χ3n) is 5.35. The topological polar surface area (TPSA) is 105 Å². The second kappa shape index (κ2) is 10.0. The lowest BCUT2D eigenvalue weighted by atomic mass is 10.1. The van der Waals surface area contributed by atoms with Crippen molar-refractivity contribution in [2.75, 3.05) is 34.5 Å². The molecule has 1 fully saturated rings. The molecular formula is C22H24ClN3O5S3. The van der Waals surface area contributed by atoms with Crippen LogP contribution in [-0.2, 0) is 20.0 Å². The molecule has 182 valence electrons. The van der Waals surface area contributed by atoms with Gasteiger partial charge in [0, 0.05) is 18.8 Å². The van der Waals surface area contributed by atoms with Crippen LogP contribution in [0.3, 0.4) is 0 Å². The van der Waals surface area contributed by atoms with Crippen molar-refractivity contribution in [2.45, 2.75) is 28.4 Å². The van der Waals surface area contributed by atoms with E-state index in [2.05, 4.69) is 9.44 Å². The molecule has 0 spiro atoms. The van der Waals surface area contributed by atoms with Crippen molar-refractivity contribution < 1.29 is 21.6 Å². The van der Waals surface area contributed by atoms with Crippen molar-refractivity contribution in [3.63, 3.8) is 0 Å². The quantitative estimate of drug-likeness (QED) is 0.416. The Bertz CT molecular complexity index is 1370. The fraction of sp³-hybridized carbons (Fsp3) is 0.273. The second-order valence-corrected chi connectivity index (χ2v) is 13.0. The molecule has 0 atom stereocenters. The third kappa shape index (κ3) is 5.60. The van der Waals surface area contributed by atoms with Crippen molar-refractivity contribution in [2.24, 2.45) is 0 Å². The van der Waals surface area contributed by atoms with E-state index < -0.39 is 20.0 Å². The molecule has 0 radical (unpaired) electrons. The molecule has 1 aliphatic heterocycles. The zero-order valence-corrected chi connectivity index (χ0v) is 21.5. The highest BCUT2D eigenvalue weighted by molar-refractivity contribution is 7.94. The SMILES string of the molecule is COc1ccc(NS(=O)(=O)c2cc(NS(=O)(=O)c3ccc(Cl)s3)ccc2N2CCCCC2)cc1. The first-order chi connectivity index (χ1) is 16.2. The normalized spacial score (nSPS) is 14.6. The molecule has 0 aliphatic carbocycles. The molecule has 0 bridgehead atoms. The summed E-state index contributed by atoms with van der Waals surface area (Å²) in [6.07, 6.45) is 3.00. The van der Waals surface area contributed by atoms with Crippen LogP contribution in [0.5, 0.6) is 5.75 Å². The Balaban J connectivity index is 1.71. The van der Waals surface area contributed by atoms with Gasteiger partial charge in [-0.05, 0) is 73.9 Å².